The third kappa shape index (κ3) is 2.86. The van der Waals surface area contributed by atoms with E-state index in [1.54, 1.807) is 10.7 Å². The molecule has 0 spiro atoms. The van der Waals surface area contributed by atoms with E-state index < -0.39 is 17.5 Å². The molecule has 1 N–H and O–H groups in total. The molecule has 5 nitrogen and oxygen atoms in total. The van der Waals surface area contributed by atoms with Crippen molar-refractivity contribution in [2.45, 2.75) is 32.1 Å². The van der Waals surface area contributed by atoms with E-state index in [9.17, 15) is 13.6 Å². The summed E-state index contributed by atoms with van der Waals surface area (Å²) in [4.78, 5) is 16.9. The van der Waals surface area contributed by atoms with E-state index in [0.29, 0.717) is 5.65 Å². The van der Waals surface area contributed by atoms with Crippen molar-refractivity contribution in [2.24, 2.45) is 0 Å². The van der Waals surface area contributed by atoms with Crippen molar-refractivity contribution < 1.29 is 13.6 Å². The summed E-state index contributed by atoms with van der Waals surface area (Å²) in [5, 5.41) is 6.76. The van der Waals surface area contributed by atoms with Crippen LogP contribution in [0, 0.1) is 11.6 Å². The molecule has 0 saturated heterocycles. The number of hydrogen-bond donors (Lipinski definition) is 1. The number of carbonyl (C=O) groups excluding carboxylic acids is 1. The van der Waals surface area contributed by atoms with Gasteiger partial charge in [0.05, 0.1) is 11.9 Å². The maximum Gasteiger partial charge on any atom is 0.261 e. The SMILES string of the molecule is O=C(Nc1ccc(F)cc1F)c1cnn2c3c(cnc12)CCCCC3. The second-order valence-electron chi connectivity index (χ2n) is 6.16. The summed E-state index contributed by atoms with van der Waals surface area (Å²) in [5.41, 5.74) is 2.86. The first kappa shape index (κ1) is 15.7. The first-order valence-electron chi connectivity index (χ1n) is 8.24. The standard InChI is InChI=1S/C18H16F2N4O/c19-12-6-7-15(14(20)8-12)23-18(25)13-10-22-24-16-5-3-1-2-4-11(16)9-21-17(13)24/h6-10H,1-5H2,(H,23,25). The topological polar surface area (TPSA) is 59.3 Å². The highest BCUT2D eigenvalue weighted by Crippen LogP contribution is 2.23. The number of amides is 1. The van der Waals surface area contributed by atoms with Gasteiger partial charge in [-0.15, -0.1) is 0 Å². The Kier molecular flexibility index (Phi) is 3.91. The number of nitrogens with one attached hydrogen (secondary N) is 1. The molecule has 2 aromatic heterocycles. The highest BCUT2D eigenvalue weighted by atomic mass is 19.1. The summed E-state index contributed by atoms with van der Waals surface area (Å²) in [5.74, 6) is -2.05. The summed E-state index contributed by atoms with van der Waals surface area (Å²) in [6.07, 6.45) is 8.45. The summed E-state index contributed by atoms with van der Waals surface area (Å²) in [6, 6.07) is 3.00. The van der Waals surface area contributed by atoms with Gasteiger partial charge in [0.2, 0.25) is 0 Å². The Morgan fingerprint density at radius 3 is 2.80 bits per heavy atom. The van der Waals surface area contributed by atoms with Gasteiger partial charge in [-0.25, -0.2) is 18.3 Å². The first-order chi connectivity index (χ1) is 12.1. The van der Waals surface area contributed by atoms with E-state index in [0.717, 1.165) is 55.5 Å². The lowest BCUT2D eigenvalue weighted by Gasteiger charge is -2.08. The number of rotatable bonds is 2. The van der Waals surface area contributed by atoms with Gasteiger partial charge >= 0.3 is 0 Å². The second-order valence-corrected chi connectivity index (χ2v) is 6.16. The number of aryl methyl sites for hydroxylation is 2. The quantitative estimate of drug-likeness (QED) is 0.725. The van der Waals surface area contributed by atoms with Gasteiger partial charge in [0.15, 0.2) is 5.65 Å². The molecule has 1 aliphatic rings. The summed E-state index contributed by atoms with van der Waals surface area (Å²) >= 11 is 0. The molecule has 128 valence electrons. The number of halogens is 2. The van der Waals surface area contributed by atoms with Gasteiger partial charge in [0, 0.05) is 18.0 Å². The molecule has 0 atom stereocenters. The molecule has 0 bridgehead atoms. The Balaban J connectivity index is 1.69. The molecule has 0 aliphatic heterocycles. The van der Waals surface area contributed by atoms with Crippen LogP contribution in [-0.4, -0.2) is 20.5 Å². The van der Waals surface area contributed by atoms with Crippen molar-refractivity contribution in [3.63, 3.8) is 0 Å². The lowest BCUT2D eigenvalue weighted by molar-refractivity contribution is 0.102. The highest BCUT2D eigenvalue weighted by Gasteiger charge is 2.20. The normalized spacial score (nSPS) is 14.2. The number of hydrogen-bond acceptors (Lipinski definition) is 3. The Morgan fingerprint density at radius 2 is 1.96 bits per heavy atom. The van der Waals surface area contributed by atoms with Crippen LogP contribution in [0.4, 0.5) is 14.5 Å². The fourth-order valence-corrected chi connectivity index (χ4v) is 3.21. The molecule has 2 heterocycles. The van der Waals surface area contributed by atoms with Gasteiger partial charge in [0.1, 0.15) is 17.2 Å². The fraction of sp³-hybridized carbons (Fsp3) is 0.278. The van der Waals surface area contributed by atoms with Crippen LogP contribution in [0.2, 0.25) is 0 Å². The van der Waals surface area contributed by atoms with Crippen molar-refractivity contribution in [3.8, 4) is 0 Å². The largest absolute Gasteiger partial charge is 0.319 e. The molecule has 0 radical (unpaired) electrons. The summed E-state index contributed by atoms with van der Waals surface area (Å²) < 4.78 is 28.4. The Hall–Kier alpha value is -2.83. The number of benzene rings is 1. The van der Waals surface area contributed by atoms with Gasteiger partial charge < -0.3 is 5.32 Å². The maximum atomic E-state index is 13.7. The predicted octanol–water partition coefficient (Wildman–Crippen LogP) is 3.53. The van der Waals surface area contributed by atoms with Crippen LogP contribution in [0.25, 0.3) is 5.65 Å². The number of carbonyl (C=O) groups is 1. The molecule has 0 fully saturated rings. The third-order valence-electron chi connectivity index (χ3n) is 4.50. The Labute approximate surface area is 142 Å². The number of aromatic nitrogens is 3. The summed E-state index contributed by atoms with van der Waals surface area (Å²) in [7, 11) is 0. The smallest absolute Gasteiger partial charge is 0.261 e. The predicted molar refractivity (Wildman–Crippen MR) is 88.6 cm³/mol. The van der Waals surface area contributed by atoms with Crippen molar-refractivity contribution in [1.29, 1.82) is 0 Å². The number of fused-ring (bicyclic) bond motifs is 3. The van der Waals surface area contributed by atoms with Crippen molar-refractivity contribution in [2.75, 3.05) is 5.32 Å². The number of anilines is 1. The van der Waals surface area contributed by atoms with Gasteiger partial charge in [0.25, 0.3) is 5.91 Å². The van der Waals surface area contributed by atoms with E-state index in [2.05, 4.69) is 15.4 Å². The first-order valence-corrected chi connectivity index (χ1v) is 8.24. The zero-order valence-corrected chi connectivity index (χ0v) is 13.4. The van der Waals surface area contributed by atoms with Gasteiger partial charge in [-0.2, -0.15) is 5.10 Å². The monoisotopic (exact) mass is 342 g/mol. The Bertz CT molecular complexity index is 967. The molecule has 25 heavy (non-hydrogen) atoms. The van der Waals surface area contributed by atoms with Crippen LogP contribution in [0.5, 0.6) is 0 Å². The van der Waals surface area contributed by atoms with Crippen LogP contribution in [0.15, 0.2) is 30.6 Å². The fourth-order valence-electron chi connectivity index (χ4n) is 3.21. The molecule has 0 saturated carbocycles. The van der Waals surface area contributed by atoms with Crippen molar-refractivity contribution in [3.05, 3.63) is 59.0 Å². The average molecular weight is 342 g/mol. The molecule has 1 amide bonds. The van der Waals surface area contributed by atoms with Gasteiger partial charge in [-0.1, -0.05) is 6.42 Å². The van der Waals surface area contributed by atoms with E-state index in [1.807, 2.05) is 0 Å². The molecule has 7 heteroatoms. The van der Waals surface area contributed by atoms with Crippen molar-refractivity contribution in [1.82, 2.24) is 14.6 Å². The molecule has 0 unspecified atom stereocenters. The minimum absolute atomic E-state index is 0.0829. The lowest BCUT2D eigenvalue weighted by atomic mass is 10.1. The molecule has 1 aromatic carbocycles. The van der Waals surface area contributed by atoms with Crippen LogP contribution in [0.1, 0.15) is 40.9 Å². The summed E-state index contributed by atoms with van der Waals surface area (Å²) in [6.45, 7) is 0. The highest BCUT2D eigenvalue weighted by molar-refractivity contribution is 6.08. The van der Waals surface area contributed by atoms with Gasteiger partial charge in [-0.05, 0) is 43.4 Å². The third-order valence-corrected chi connectivity index (χ3v) is 4.50. The van der Waals surface area contributed by atoms with E-state index in [1.165, 1.54) is 12.3 Å². The van der Waals surface area contributed by atoms with Crippen LogP contribution in [-0.2, 0) is 12.8 Å². The van der Waals surface area contributed by atoms with E-state index in [-0.39, 0.29) is 11.3 Å². The average Bonchev–Trinajstić information content (AvgIpc) is 2.88. The molecular formula is C18H16F2N4O. The molecule has 1 aliphatic carbocycles. The van der Waals surface area contributed by atoms with E-state index in [4.69, 9.17) is 0 Å². The zero-order chi connectivity index (χ0) is 17.4. The molecule has 4 rings (SSSR count). The zero-order valence-electron chi connectivity index (χ0n) is 13.4. The Morgan fingerprint density at radius 1 is 1.12 bits per heavy atom. The van der Waals surface area contributed by atoms with Crippen LogP contribution < -0.4 is 5.32 Å². The van der Waals surface area contributed by atoms with Crippen molar-refractivity contribution >= 4 is 17.2 Å². The van der Waals surface area contributed by atoms with Crippen LogP contribution >= 0.6 is 0 Å². The molecular weight excluding hydrogens is 326 g/mol. The minimum atomic E-state index is -0.827. The maximum absolute atomic E-state index is 13.7. The minimum Gasteiger partial charge on any atom is -0.319 e. The number of nitrogens with zero attached hydrogens (tertiary/aromatic N) is 3. The van der Waals surface area contributed by atoms with E-state index >= 15 is 0 Å². The van der Waals surface area contributed by atoms with Crippen LogP contribution in [0.3, 0.4) is 0 Å². The molecule has 3 aromatic rings. The second kappa shape index (κ2) is 6.23. The van der Waals surface area contributed by atoms with Gasteiger partial charge in [-0.3, -0.25) is 4.79 Å². The lowest BCUT2D eigenvalue weighted by Crippen LogP contribution is -2.14.